The van der Waals surface area contributed by atoms with Crippen molar-refractivity contribution in [3.8, 4) is 0 Å². The smallest absolute Gasteiger partial charge is 0.127 e. The van der Waals surface area contributed by atoms with Gasteiger partial charge in [0, 0.05) is 18.4 Å². The van der Waals surface area contributed by atoms with Crippen LogP contribution in [0.2, 0.25) is 0 Å². The molecule has 0 aliphatic heterocycles. The Balaban J connectivity index is 1.93. The maximum Gasteiger partial charge on any atom is 0.127 e. The predicted molar refractivity (Wildman–Crippen MR) is 74.6 cm³/mol. The summed E-state index contributed by atoms with van der Waals surface area (Å²) in [6.07, 6.45) is 11.0. The van der Waals surface area contributed by atoms with E-state index in [1.165, 1.54) is 56.5 Å². The first kappa shape index (κ1) is 11.8. The zero-order chi connectivity index (χ0) is 12.5. The minimum absolute atomic E-state index is 0.599. The lowest BCUT2D eigenvalue weighted by molar-refractivity contribution is 0.438. The van der Waals surface area contributed by atoms with Crippen molar-refractivity contribution < 1.29 is 0 Å². The quantitative estimate of drug-likeness (QED) is 0.824. The number of aromatic nitrogens is 2. The summed E-state index contributed by atoms with van der Waals surface area (Å²) in [6, 6.07) is 0. The average Bonchev–Trinajstić information content (AvgIpc) is 3.19. The van der Waals surface area contributed by atoms with Crippen LogP contribution >= 0.6 is 0 Å². The van der Waals surface area contributed by atoms with E-state index in [0.717, 1.165) is 12.4 Å². The summed E-state index contributed by atoms with van der Waals surface area (Å²) in [5.74, 6) is 3.38. The SMILES string of the molecule is C=CCn1c(C2CC2)nc(C2CCCCC2)c1N. The maximum absolute atomic E-state index is 6.34. The van der Waals surface area contributed by atoms with Crippen LogP contribution in [0.5, 0.6) is 0 Å². The average molecular weight is 245 g/mol. The Hall–Kier alpha value is -1.25. The first-order chi connectivity index (χ1) is 8.81. The Bertz CT molecular complexity index is 437. The molecule has 3 rings (SSSR count). The van der Waals surface area contributed by atoms with E-state index < -0.39 is 0 Å². The number of nitrogen functional groups attached to an aromatic ring is 1. The van der Waals surface area contributed by atoms with Gasteiger partial charge in [0.15, 0.2) is 0 Å². The molecule has 2 aliphatic rings. The van der Waals surface area contributed by atoms with E-state index >= 15 is 0 Å². The van der Waals surface area contributed by atoms with Gasteiger partial charge >= 0.3 is 0 Å². The van der Waals surface area contributed by atoms with Crippen molar-refractivity contribution in [2.45, 2.75) is 63.3 Å². The van der Waals surface area contributed by atoms with Crippen LogP contribution in [0.1, 0.15) is 68.3 Å². The molecule has 0 bridgehead atoms. The van der Waals surface area contributed by atoms with E-state index in [1.54, 1.807) is 0 Å². The van der Waals surface area contributed by atoms with Gasteiger partial charge in [0.05, 0.1) is 5.69 Å². The van der Waals surface area contributed by atoms with Crippen molar-refractivity contribution in [3.05, 3.63) is 24.2 Å². The summed E-state index contributed by atoms with van der Waals surface area (Å²) in [5, 5.41) is 0. The first-order valence-corrected chi connectivity index (χ1v) is 7.28. The third-order valence-corrected chi connectivity index (χ3v) is 4.31. The third-order valence-electron chi connectivity index (χ3n) is 4.31. The molecule has 98 valence electrons. The van der Waals surface area contributed by atoms with Gasteiger partial charge in [0.2, 0.25) is 0 Å². The fourth-order valence-electron chi connectivity index (χ4n) is 3.15. The van der Waals surface area contributed by atoms with E-state index in [-0.39, 0.29) is 0 Å². The maximum atomic E-state index is 6.34. The number of nitrogens with zero attached hydrogens (tertiary/aromatic N) is 2. The number of imidazole rings is 1. The molecule has 2 N–H and O–H groups in total. The van der Waals surface area contributed by atoms with Crippen LogP contribution in [0.15, 0.2) is 12.7 Å². The molecule has 0 atom stereocenters. The summed E-state index contributed by atoms with van der Waals surface area (Å²) in [6.45, 7) is 4.64. The van der Waals surface area contributed by atoms with Gasteiger partial charge in [-0.1, -0.05) is 25.3 Å². The molecule has 1 heterocycles. The molecule has 0 saturated heterocycles. The molecule has 0 amide bonds. The highest BCUT2D eigenvalue weighted by atomic mass is 15.1. The first-order valence-electron chi connectivity index (χ1n) is 7.28. The predicted octanol–water partition coefficient (Wildman–Crippen LogP) is 3.58. The van der Waals surface area contributed by atoms with Gasteiger partial charge in [-0.3, -0.25) is 0 Å². The van der Waals surface area contributed by atoms with Gasteiger partial charge in [0.25, 0.3) is 0 Å². The van der Waals surface area contributed by atoms with Crippen molar-refractivity contribution in [3.63, 3.8) is 0 Å². The van der Waals surface area contributed by atoms with Crippen LogP contribution in [0, 0.1) is 0 Å². The summed E-state index contributed by atoms with van der Waals surface area (Å²) in [4.78, 5) is 4.90. The summed E-state index contributed by atoms with van der Waals surface area (Å²) in [5.41, 5.74) is 7.52. The summed E-state index contributed by atoms with van der Waals surface area (Å²) < 4.78 is 2.19. The van der Waals surface area contributed by atoms with E-state index in [4.69, 9.17) is 10.7 Å². The zero-order valence-corrected chi connectivity index (χ0v) is 11.1. The van der Waals surface area contributed by atoms with Crippen LogP contribution in [0.4, 0.5) is 5.82 Å². The number of allylic oxidation sites excluding steroid dienone is 1. The fraction of sp³-hybridized carbons (Fsp3) is 0.667. The lowest BCUT2D eigenvalue weighted by atomic mass is 9.87. The Morgan fingerprint density at radius 3 is 2.50 bits per heavy atom. The van der Waals surface area contributed by atoms with Gasteiger partial charge in [-0.2, -0.15) is 0 Å². The molecule has 1 aromatic rings. The second kappa shape index (κ2) is 4.79. The van der Waals surface area contributed by atoms with Crippen LogP contribution in [0.25, 0.3) is 0 Å². The molecule has 1 aromatic heterocycles. The number of hydrogen-bond acceptors (Lipinski definition) is 2. The van der Waals surface area contributed by atoms with Crippen molar-refractivity contribution in [2.75, 3.05) is 5.73 Å². The van der Waals surface area contributed by atoms with Crippen molar-refractivity contribution in [1.82, 2.24) is 9.55 Å². The fourth-order valence-corrected chi connectivity index (χ4v) is 3.15. The summed E-state index contributed by atoms with van der Waals surface area (Å²) >= 11 is 0. The van der Waals surface area contributed by atoms with E-state index in [1.807, 2.05) is 6.08 Å². The molecular formula is C15H23N3. The lowest BCUT2D eigenvalue weighted by Gasteiger charge is -2.20. The number of rotatable bonds is 4. The zero-order valence-electron chi connectivity index (χ0n) is 11.1. The number of hydrogen-bond donors (Lipinski definition) is 1. The highest BCUT2D eigenvalue weighted by molar-refractivity contribution is 5.42. The van der Waals surface area contributed by atoms with Crippen LogP contribution in [-0.2, 0) is 6.54 Å². The Morgan fingerprint density at radius 1 is 1.17 bits per heavy atom. The van der Waals surface area contributed by atoms with E-state index in [2.05, 4.69) is 11.1 Å². The second-order valence-electron chi connectivity index (χ2n) is 5.75. The van der Waals surface area contributed by atoms with Gasteiger partial charge in [-0.15, -0.1) is 6.58 Å². The molecule has 0 radical (unpaired) electrons. The molecule has 0 spiro atoms. The van der Waals surface area contributed by atoms with Gasteiger partial charge in [0.1, 0.15) is 11.6 Å². The minimum Gasteiger partial charge on any atom is -0.384 e. The van der Waals surface area contributed by atoms with E-state index in [0.29, 0.717) is 11.8 Å². The second-order valence-corrected chi connectivity index (χ2v) is 5.75. The standard InChI is InChI=1S/C15H23N3/c1-2-10-18-14(16)13(11-6-4-3-5-7-11)17-15(18)12-8-9-12/h2,11-12H,1,3-10,16H2. The monoisotopic (exact) mass is 245 g/mol. The van der Waals surface area contributed by atoms with Crippen molar-refractivity contribution in [1.29, 1.82) is 0 Å². The van der Waals surface area contributed by atoms with Gasteiger partial charge in [-0.05, 0) is 25.7 Å². The molecular weight excluding hydrogens is 222 g/mol. The molecule has 0 aromatic carbocycles. The molecule has 0 unspecified atom stereocenters. The largest absolute Gasteiger partial charge is 0.384 e. The number of nitrogens with two attached hydrogens (primary N) is 1. The molecule has 3 nitrogen and oxygen atoms in total. The highest BCUT2D eigenvalue weighted by Gasteiger charge is 2.32. The van der Waals surface area contributed by atoms with Crippen LogP contribution in [-0.4, -0.2) is 9.55 Å². The van der Waals surface area contributed by atoms with Gasteiger partial charge < -0.3 is 10.3 Å². The molecule has 18 heavy (non-hydrogen) atoms. The Kier molecular flexibility index (Phi) is 3.14. The van der Waals surface area contributed by atoms with Crippen LogP contribution < -0.4 is 5.73 Å². The van der Waals surface area contributed by atoms with E-state index in [9.17, 15) is 0 Å². The minimum atomic E-state index is 0.599. The molecule has 2 aliphatic carbocycles. The highest BCUT2D eigenvalue weighted by Crippen LogP contribution is 2.43. The topological polar surface area (TPSA) is 43.8 Å². The molecule has 2 fully saturated rings. The van der Waals surface area contributed by atoms with Crippen molar-refractivity contribution >= 4 is 5.82 Å². The Labute approximate surface area is 109 Å². The number of anilines is 1. The van der Waals surface area contributed by atoms with Gasteiger partial charge in [-0.25, -0.2) is 4.98 Å². The summed E-state index contributed by atoms with van der Waals surface area (Å²) in [7, 11) is 0. The Morgan fingerprint density at radius 2 is 1.89 bits per heavy atom. The van der Waals surface area contributed by atoms with Crippen molar-refractivity contribution in [2.24, 2.45) is 0 Å². The molecule has 2 saturated carbocycles. The normalized spacial score (nSPS) is 21.1. The third kappa shape index (κ3) is 2.06. The molecule has 3 heteroatoms. The van der Waals surface area contributed by atoms with Crippen LogP contribution in [0.3, 0.4) is 0 Å². The lowest BCUT2D eigenvalue weighted by Crippen LogP contribution is -2.09.